The standard InChI is InChI=1S/C14H23N3O3S/c1-14(2)12(8-13(14)20-4)17-11-7-9(5-6-10(11)15)21(18,19)16-3/h5-7,12-13,16-17H,8,15H2,1-4H3. The van der Waals surface area contributed by atoms with E-state index < -0.39 is 10.0 Å². The number of nitrogens with one attached hydrogen (secondary N) is 2. The maximum Gasteiger partial charge on any atom is 0.240 e. The van der Waals surface area contributed by atoms with Crippen molar-refractivity contribution in [1.29, 1.82) is 0 Å². The molecule has 4 N–H and O–H groups in total. The normalized spacial score (nSPS) is 24.4. The van der Waals surface area contributed by atoms with Crippen molar-refractivity contribution in [1.82, 2.24) is 4.72 Å². The van der Waals surface area contributed by atoms with Gasteiger partial charge in [-0.05, 0) is 31.7 Å². The summed E-state index contributed by atoms with van der Waals surface area (Å²) in [5, 5.41) is 3.34. The van der Waals surface area contributed by atoms with Crippen molar-refractivity contribution in [2.24, 2.45) is 5.41 Å². The van der Waals surface area contributed by atoms with Gasteiger partial charge in [0.05, 0.1) is 22.4 Å². The summed E-state index contributed by atoms with van der Waals surface area (Å²) in [6, 6.07) is 4.86. The molecule has 6 nitrogen and oxygen atoms in total. The van der Waals surface area contributed by atoms with Crippen molar-refractivity contribution in [3.05, 3.63) is 18.2 Å². The van der Waals surface area contributed by atoms with Crippen LogP contribution in [0.15, 0.2) is 23.1 Å². The smallest absolute Gasteiger partial charge is 0.240 e. The molecule has 0 heterocycles. The van der Waals surface area contributed by atoms with Crippen LogP contribution in [0.1, 0.15) is 20.3 Å². The molecule has 1 aliphatic carbocycles. The van der Waals surface area contributed by atoms with E-state index in [0.717, 1.165) is 6.42 Å². The lowest BCUT2D eigenvalue weighted by Crippen LogP contribution is -2.57. The van der Waals surface area contributed by atoms with Crippen LogP contribution in [0.25, 0.3) is 0 Å². The number of hydrogen-bond donors (Lipinski definition) is 3. The van der Waals surface area contributed by atoms with Gasteiger partial charge in [0.15, 0.2) is 0 Å². The average molecular weight is 313 g/mol. The van der Waals surface area contributed by atoms with Gasteiger partial charge in [0, 0.05) is 18.6 Å². The SMILES string of the molecule is CNS(=O)(=O)c1ccc(N)c(NC2CC(OC)C2(C)C)c1. The Morgan fingerprint density at radius 2 is 2.05 bits per heavy atom. The van der Waals surface area contributed by atoms with Crippen molar-refractivity contribution in [3.63, 3.8) is 0 Å². The minimum atomic E-state index is -3.48. The van der Waals surface area contributed by atoms with Crippen molar-refractivity contribution in [2.75, 3.05) is 25.2 Å². The zero-order valence-corrected chi connectivity index (χ0v) is 13.6. The summed E-state index contributed by atoms with van der Waals surface area (Å²) in [6.07, 6.45) is 1.06. The van der Waals surface area contributed by atoms with E-state index in [2.05, 4.69) is 23.9 Å². The van der Waals surface area contributed by atoms with Gasteiger partial charge in [-0.3, -0.25) is 0 Å². The van der Waals surface area contributed by atoms with Crippen molar-refractivity contribution < 1.29 is 13.2 Å². The van der Waals surface area contributed by atoms with E-state index >= 15 is 0 Å². The number of rotatable bonds is 5. The van der Waals surface area contributed by atoms with E-state index in [9.17, 15) is 8.42 Å². The second-order valence-corrected chi connectivity index (χ2v) is 7.82. The number of nitrogen functional groups attached to an aromatic ring is 1. The third-order valence-corrected chi connectivity index (χ3v) is 5.81. The Hall–Kier alpha value is -1.31. The third-order valence-electron chi connectivity index (χ3n) is 4.40. The average Bonchev–Trinajstić information content (AvgIpc) is 2.44. The Morgan fingerprint density at radius 3 is 2.57 bits per heavy atom. The van der Waals surface area contributed by atoms with Crippen molar-refractivity contribution in [3.8, 4) is 0 Å². The van der Waals surface area contributed by atoms with Gasteiger partial charge in [0.25, 0.3) is 0 Å². The number of sulfonamides is 1. The van der Waals surface area contributed by atoms with E-state index in [4.69, 9.17) is 10.5 Å². The lowest BCUT2D eigenvalue weighted by molar-refractivity contribution is -0.0794. The lowest BCUT2D eigenvalue weighted by atomic mass is 9.64. The first kappa shape index (κ1) is 16.1. The van der Waals surface area contributed by atoms with Gasteiger partial charge in [-0.2, -0.15) is 0 Å². The van der Waals surface area contributed by atoms with Crippen LogP contribution in [0, 0.1) is 5.41 Å². The number of hydrogen-bond acceptors (Lipinski definition) is 5. The third kappa shape index (κ3) is 2.86. The predicted molar refractivity (Wildman–Crippen MR) is 83.7 cm³/mol. The summed E-state index contributed by atoms with van der Waals surface area (Å²) in [5.74, 6) is 0. The molecular formula is C14H23N3O3S. The second-order valence-electron chi connectivity index (χ2n) is 5.93. The molecule has 1 aromatic rings. The zero-order valence-electron chi connectivity index (χ0n) is 12.8. The minimum absolute atomic E-state index is 0.0287. The maximum absolute atomic E-state index is 11.9. The molecule has 0 amide bonds. The van der Waals surface area contributed by atoms with Gasteiger partial charge in [-0.1, -0.05) is 13.8 Å². The van der Waals surface area contributed by atoms with Crippen LogP contribution in [0.2, 0.25) is 0 Å². The molecule has 0 radical (unpaired) electrons. The van der Waals surface area contributed by atoms with Crippen LogP contribution in [0.3, 0.4) is 0 Å². The fourth-order valence-corrected chi connectivity index (χ4v) is 3.42. The first-order valence-electron chi connectivity index (χ1n) is 6.84. The van der Waals surface area contributed by atoms with Crippen LogP contribution in [-0.2, 0) is 14.8 Å². The Labute approximate surface area is 126 Å². The highest BCUT2D eigenvalue weighted by atomic mass is 32.2. The largest absolute Gasteiger partial charge is 0.397 e. The lowest BCUT2D eigenvalue weighted by Gasteiger charge is -2.51. The minimum Gasteiger partial charge on any atom is -0.397 e. The van der Waals surface area contributed by atoms with Crippen LogP contribution in [-0.4, -0.2) is 34.7 Å². The molecule has 0 aromatic heterocycles. The van der Waals surface area contributed by atoms with Gasteiger partial charge >= 0.3 is 0 Å². The van der Waals surface area contributed by atoms with Gasteiger partial charge in [0.2, 0.25) is 10.0 Å². The molecule has 0 saturated heterocycles. The fourth-order valence-electron chi connectivity index (χ4n) is 2.66. The number of anilines is 2. The molecule has 21 heavy (non-hydrogen) atoms. The summed E-state index contributed by atoms with van der Waals surface area (Å²) >= 11 is 0. The summed E-state index contributed by atoms with van der Waals surface area (Å²) < 4.78 is 31.4. The second kappa shape index (κ2) is 5.47. The highest BCUT2D eigenvalue weighted by Crippen LogP contribution is 2.44. The number of ether oxygens (including phenoxy) is 1. The molecule has 0 bridgehead atoms. The Balaban J connectivity index is 2.24. The quantitative estimate of drug-likeness (QED) is 0.715. The topological polar surface area (TPSA) is 93.5 Å². The van der Waals surface area contributed by atoms with E-state index in [1.807, 2.05) is 0 Å². The van der Waals surface area contributed by atoms with E-state index in [1.54, 1.807) is 19.2 Å². The molecule has 1 fully saturated rings. The summed E-state index contributed by atoms with van der Waals surface area (Å²) in [6.45, 7) is 4.24. The first-order chi connectivity index (χ1) is 9.72. The summed E-state index contributed by atoms with van der Waals surface area (Å²) in [4.78, 5) is 0.196. The molecule has 2 rings (SSSR count). The summed E-state index contributed by atoms with van der Waals surface area (Å²) in [5.41, 5.74) is 7.09. The van der Waals surface area contributed by atoms with Crippen LogP contribution >= 0.6 is 0 Å². The molecule has 2 atom stereocenters. The molecule has 7 heteroatoms. The van der Waals surface area contributed by atoms with Crippen molar-refractivity contribution in [2.45, 2.75) is 37.3 Å². The molecule has 0 aliphatic heterocycles. The highest BCUT2D eigenvalue weighted by Gasteiger charge is 2.48. The van der Waals surface area contributed by atoms with Gasteiger partial charge < -0.3 is 15.8 Å². The Kier molecular flexibility index (Phi) is 4.19. The predicted octanol–water partition coefficient (Wildman–Crippen LogP) is 1.40. The van der Waals surface area contributed by atoms with Crippen LogP contribution in [0.5, 0.6) is 0 Å². The van der Waals surface area contributed by atoms with Gasteiger partial charge in [-0.25, -0.2) is 13.1 Å². The molecule has 2 unspecified atom stereocenters. The fraction of sp³-hybridized carbons (Fsp3) is 0.571. The van der Waals surface area contributed by atoms with Crippen LogP contribution in [0.4, 0.5) is 11.4 Å². The molecule has 118 valence electrons. The van der Waals surface area contributed by atoms with E-state index in [-0.39, 0.29) is 22.5 Å². The van der Waals surface area contributed by atoms with Gasteiger partial charge in [-0.15, -0.1) is 0 Å². The van der Waals surface area contributed by atoms with E-state index in [0.29, 0.717) is 11.4 Å². The first-order valence-corrected chi connectivity index (χ1v) is 8.33. The number of benzene rings is 1. The Morgan fingerprint density at radius 1 is 1.38 bits per heavy atom. The molecule has 1 aliphatic rings. The highest BCUT2D eigenvalue weighted by molar-refractivity contribution is 7.89. The number of methoxy groups -OCH3 is 1. The van der Waals surface area contributed by atoms with Gasteiger partial charge in [0.1, 0.15) is 0 Å². The number of nitrogens with two attached hydrogens (primary N) is 1. The van der Waals surface area contributed by atoms with E-state index in [1.165, 1.54) is 13.1 Å². The maximum atomic E-state index is 11.9. The monoisotopic (exact) mass is 313 g/mol. The van der Waals surface area contributed by atoms with Crippen LogP contribution < -0.4 is 15.8 Å². The Bertz CT molecular complexity index is 628. The van der Waals surface area contributed by atoms with Crippen molar-refractivity contribution >= 4 is 21.4 Å². The molecule has 1 saturated carbocycles. The summed E-state index contributed by atoms with van der Waals surface area (Å²) in [7, 11) is -0.385. The molecule has 0 spiro atoms. The molecular weight excluding hydrogens is 290 g/mol. The molecule has 1 aromatic carbocycles. The zero-order chi connectivity index (χ0) is 15.8.